The number of hydrogen-bond donors (Lipinski definition) is 1. The van der Waals surface area contributed by atoms with Gasteiger partial charge in [0.1, 0.15) is 11.5 Å². The Bertz CT molecular complexity index is 488. The van der Waals surface area contributed by atoms with Gasteiger partial charge in [0, 0.05) is 11.2 Å². The largest absolute Gasteiger partial charge is 0.455 e. The molecule has 3 nitrogen and oxygen atoms in total. The molecule has 1 aromatic heterocycles. The third-order valence-corrected chi connectivity index (χ3v) is 2.53. The molecule has 0 aliphatic rings. The molecule has 88 valence electrons. The lowest BCUT2D eigenvalue weighted by Gasteiger charge is -2.10. The van der Waals surface area contributed by atoms with Gasteiger partial charge < -0.3 is 10.5 Å². The van der Waals surface area contributed by atoms with E-state index in [1.165, 1.54) is 0 Å². The number of rotatable bonds is 4. The van der Waals surface area contributed by atoms with Crippen LogP contribution < -0.4 is 10.5 Å². The Morgan fingerprint density at radius 1 is 1.29 bits per heavy atom. The number of benzene rings is 1. The summed E-state index contributed by atoms with van der Waals surface area (Å²) in [5.74, 6) is 1.47. The fourth-order valence-electron chi connectivity index (χ4n) is 1.53. The van der Waals surface area contributed by atoms with E-state index in [1.54, 1.807) is 18.5 Å². The lowest BCUT2D eigenvalue weighted by Crippen LogP contribution is -2.04. The molecule has 0 fully saturated rings. The summed E-state index contributed by atoms with van der Waals surface area (Å²) in [6.45, 7) is 0.559. The number of nitrogens with zero attached hydrogens (tertiary/aromatic N) is 1. The Morgan fingerprint density at radius 3 is 2.88 bits per heavy atom. The number of nitrogens with two attached hydrogens (primary N) is 1. The maximum absolute atomic E-state index is 5.95. The van der Waals surface area contributed by atoms with Gasteiger partial charge in [-0.1, -0.05) is 11.6 Å². The number of aromatic nitrogens is 1. The number of hydrogen-bond acceptors (Lipinski definition) is 3. The Hall–Kier alpha value is -1.58. The van der Waals surface area contributed by atoms with Crippen LogP contribution in [0.1, 0.15) is 5.56 Å². The summed E-state index contributed by atoms with van der Waals surface area (Å²) in [5, 5.41) is 0.687. The van der Waals surface area contributed by atoms with Crippen LogP contribution in [-0.4, -0.2) is 11.5 Å². The summed E-state index contributed by atoms with van der Waals surface area (Å²) < 4.78 is 5.74. The summed E-state index contributed by atoms with van der Waals surface area (Å²) >= 11 is 5.95. The van der Waals surface area contributed by atoms with Crippen molar-refractivity contribution < 1.29 is 4.74 Å². The van der Waals surface area contributed by atoms with E-state index in [2.05, 4.69) is 4.98 Å². The predicted octanol–water partition coefficient (Wildman–Crippen LogP) is 3.03. The van der Waals surface area contributed by atoms with Crippen LogP contribution in [0.3, 0.4) is 0 Å². The van der Waals surface area contributed by atoms with Crippen molar-refractivity contribution in [2.24, 2.45) is 5.73 Å². The summed E-state index contributed by atoms with van der Waals surface area (Å²) in [6.07, 6.45) is 4.10. The molecule has 0 amide bonds. The van der Waals surface area contributed by atoms with E-state index in [9.17, 15) is 0 Å². The predicted molar refractivity (Wildman–Crippen MR) is 68.5 cm³/mol. The van der Waals surface area contributed by atoms with Crippen molar-refractivity contribution >= 4 is 11.6 Å². The average Bonchev–Trinajstić information content (AvgIpc) is 2.34. The van der Waals surface area contributed by atoms with E-state index in [1.807, 2.05) is 24.3 Å². The second-order valence-electron chi connectivity index (χ2n) is 3.58. The number of halogens is 1. The van der Waals surface area contributed by atoms with E-state index in [0.717, 1.165) is 17.7 Å². The monoisotopic (exact) mass is 248 g/mol. The van der Waals surface area contributed by atoms with Gasteiger partial charge in [-0.05, 0) is 48.9 Å². The molecule has 0 unspecified atom stereocenters. The zero-order valence-corrected chi connectivity index (χ0v) is 10.0. The van der Waals surface area contributed by atoms with Gasteiger partial charge in [0.25, 0.3) is 0 Å². The Kier molecular flexibility index (Phi) is 3.96. The van der Waals surface area contributed by atoms with Gasteiger partial charge in [0.15, 0.2) is 0 Å². The van der Waals surface area contributed by atoms with Gasteiger partial charge in [-0.15, -0.1) is 0 Å². The van der Waals surface area contributed by atoms with Crippen LogP contribution in [-0.2, 0) is 6.42 Å². The molecule has 2 N–H and O–H groups in total. The quantitative estimate of drug-likeness (QED) is 0.905. The van der Waals surface area contributed by atoms with E-state index in [4.69, 9.17) is 22.1 Å². The maximum Gasteiger partial charge on any atom is 0.145 e. The third kappa shape index (κ3) is 3.19. The number of ether oxygens (including phenoxy) is 1. The normalized spacial score (nSPS) is 10.2. The molecule has 0 spiro atoms. The highest BCUT2D eigenvalue weighted by Crippen LogP contribution is 2.27. The average molecular weight is 249 g/mol. The summed E-state index contributed by atoms with van der Waals surface area (Å²) in [6, 6.07) is 9.20. The van der Waals surface area contributed by atoms with Crippen molar-refractivity contribution in [3.63, 3.8) is 0 Å². The van der Waals surface area contributed by atoms with E-state index in [0.29, 0.717) is 17.3 Å². The SMILES string of the molecule is NCCc1cc(Cl)ccc1Oc1cccnc1. The first kappa shape index (κ1) is 11.9. The molecule has 1 aromatic carbocycles. The minimum Gasteiger partial charge on any atom is -0.455 e. The molecule has 17 heavy (non-hydrogen) atoms. The fraction of sp³-hybridized carbons (Fsp3) is 0.154. The highest BCUT2D eigenvalue weighted by molar-refractivity contribution is 6.30. The van der Waals surface area contributed by atoms with Crippen LogP contribution in [0.2, 0.25) is 5.02 Å². The van der Waals surface area contributed by atoms with Crippen LogP contribution in [0.25, 0.3) is 0 Å². The Balaban J connectivity index is 2.26. The summed E-state index contributed by atoms with van der Waals surface area (Å²) in [5.41, 5.74) is 6.57. The van der Waals surface area contributed by atoms with Crippen molar-refractivity contribution in [2.45, 2.75) is 6.42 Å². The minimum atomic E-state index is 0.559. The molecular weight excluding hydrogens is 236 g/mol. The van der Waals surface area contributed by atoms with Crippen molar-refractivity contribution in [3.8, 4) is 11.5 Å². The van der Waals surface area contributed by atoms with Gasteiger partial charge in [-0.2, -0.15) is 0 Å². The molecule has 2 rings (SSSR count). The Morgan fingerprint density at radius 2 is 2.18 bits per heavy atom. The molecule has 0 bridgehead atoms. The fourth-order valence-corrected chi connectivity index (χ4v) is 1.73. The van der Waals surface area contributed by atoms with Gasteiger partial charge in [-0.3, -0.25) is 4.98 Å². The van der Waals surface area contributed by atoms with Crippen molar-refractivity contribution in [1.82, 2.24) is 4.98 Å². The van der Waals surface area contributed by atoms with Crippen LogP contribution in [0.4, 0.5) is 0 Å². The summed E-state index contributed by atoms with van der Waals surface area (Å²) in [4.78, 5) is 4.00. The Labute approximate surface area is 105 Å². The van der Waals surface area contributed by atoms with Gasteiger partial charge >= 0.3 is 0 Å². The van der Waals surface area contributed by atoms with Gasteiger partial charge in [0.05, 0.1) is 6.20 Å². The molecule has 0 radical (unpaired) electrons. The van der Waals surface area contributed by atoms with E-state index >= 15 is 0 Å². The molecule has 1 heterocycles. The third-order valence-electron chi connectivity index (χ3n) is 2.30. The first-order valence-corrected chi connectivity index (χ1v) is 5.74. The van der Waals surface area contributed by atoms with Crippen LogP contribution in [0, 0.1) is 0 Å². The van der Waals surface area contributed by atoms with Crippen molar-refractivity contribution in [1.29, 1.82) is 0 Å². The van der Waals surface area contributed by atoms with Crippen LogP contribution >= 0.6 is 11.6 Å². The van der Waals surface area contributed by atoms with Gasteiger partial charge in [-0.25, -0.2) is 0 Å². The molecular formula is C13H13ClN2O. The lowest BCUT2D eigenvalue weighted by molar-refractivity contribution is 0.474. The second kappa shape index (κ2) is 5.66. The van der Waals surface area contributed by atoms with E-state index < -0.39 is 0 Å². The molecule has 0 saturated carbocycles. The molecule has 0 saturated heterocycles. The maximum atomic E-state index is 5.95. The first-order valence-electron chi connectivity index (χ1n) is 5.36. The van der Waals surface area contributed by atoms with Crippen LogP contribution in [0.15, 0.2) is 42.7 Å². The first-order chi connectivity index (χ1) is 8.29. The van der Waals surface area contributed by atoms with Crippen molar-refractivity contribution in [3.05, 3.63) is 53.3 Å². The second-order valence-corrected chi connectivity index (χ2v) is 4.02. The zero-order valence-electron chi connectivity index (χ0n) is 9.27. The molecule has 4 heteroatoms. The molecule has 0 aliphatic carbocycles. The van der Waals surface area contributed by atoms with Crippen molar-refractivity contribution in [2.75, 3.05) is 6.54 Å². The molecule has 0 atom stereocenters. The van der Waals surface area contributed by atoms with Gasteiger partial charge in [0.2, 0.25) is 0 Å². The molecule has 0 aliphatic heterocycles. The summed E-state index contributed by atoms with van der Waals surface area (Å²) in [7, 11) is 0. The highest BCUT2D eigenvalue weighted by Gasteiger charge is 2.05. The zero-order chi connectivity index (χ0) is 12.1. The standard InChI is InChI=1S/C13H13ClN2O/c14-11-3-4-13(10(8-11)5-6-15)17-12-2-1-7-16-9-12/h1-4,7-9H,5-6,15H2. The number of pyridine rings is 1. The highest BCUT2D eigenvalue weighted by atomic mass is 35.5. The lowest BCUT2D eigenvalue weighted by atomic mass is 10.1. The minimum absolute atomic E-state index is 0.559. The molecule has 2 aromatic rings. The van der Waals surface area contributed by atoms with E-state index in [-0.39, 0.29) is 0 Å². The smallest absolute Gasteiger partial charge is 0.145 e. The topological polar surface area (TPSA) is 48.1 Å². The van der Waals surface area contributed by atoms with Crippen LogP contribution in [0.5, 0.6) is 11.5 Å².